The lowest BCUT2D eigenvalue weighted by molar-refractivity contribution is 0.192. The summed E-state index contributed by atoms with van der Waals surface area (Å²) in [5, 5.41) is 2.95. The highest BCUT2D eigenvalue weighted by Gasteiger charge is 2.31. The van der Waals surface area contributed by atoms with Crippen molar-refractivity contribution in [2.24, 2.45) is 11.8 Å². The van der Waals surface area contributed by atoms with Crippen molar-refractivity contribution in [3.63, 3.8) is 0 Å². The third-order valence-electron chi connectivity index (χ3n) is 3.72. The molecule has 1 N–H and O–H groups in total. The summed E-state index contributed by atoms with van der Waals surface area (Å²) >= 11 is 0. The molecule has 2 rings (SSSR count). The van der Waals surface area contributed by atoms with Gasteiger partial charge in [0, 0.05) is 6.04 Å². The fraction of sp³-hybridized carbons (Fsp3) is 0.500. The fourth-order valence-corrected chi connectivity index (χ4v) is 2.34. The highest BCUT2D eigenvalue weighted by molar-refractivity contribution is 5.70. The van der Waals surface area contributed by atoms with Crippen LogP contribution in [0.5, 0.6) is 5.75 Å². The van der Waals surface area contributed by atoms with Crippen LogP contribution in [-0.4, -0.2) is 12.1 Å². The van der Waals surface area contributed by atoms with E-state index in [1.54, 1.807) is 12.1 Å². The zero-order valence-electron chi connectivity index (χ0n) is 10.3. The number of amides is 1. The Morgan fingerprint density at radius 1 is 1.24 bits per heavy atom. The van der Waals surface area contributed by atoms with Crippen LogP contribution in [0.3, 0.4) is 0 Å². The van der Waals surface area contributed by atoms with Crippen LogP contribution in [0, 0.1) is 11.8 Å². The summed E-state index contributed by atoms with van der Waals surface area (Å²) in [6.45, 7) is 4.42. The highest BCUT2D eigenvalue weighted by Crippen LogP contribution is 2.31. The summed E-state index contributed by atoms with van der Waals surface area (Å²) in [5.74, 6) is 1.79. The first-order valence-corrected chi connectivity index (χ1v) is 6.20. The molecule has 92 valence electrons. The van der Waals surface area contributed by atoms with Crippen molar-refractivity contribution in [1.29, 1.82) is 0 Å². The smallest absolute Gasteiger partial charge is 0.410 e. The summed E-state index contributed by atoms with van der Waals surface area (Å²) in [6, 6.07) is 9.40. The number of carbonyl (C=O) groups is 1. The Morgan fingerprint density at radius 2 is 1.94 bits per heavy atom. The van der Waals surface area contributed by atoms with E-state index in [1.807, 2.05) is 18.2 Å². The van der Waals surface area contributed by atoms with E-state index in [0.29, 0.717) is 17.6 Å². The van der Waals surface area contributed by atoms with Crippen LogP contribution in [0.15, 0.2) is 30.3 Å². The third kappa shape index (κ3) is 2.99. The van der Waals surface area contributed by atoms with Gasteiger partial charge in [0.1, 0.15) is 5.75 Å². The van der Waals surface area contributed by atoms with Crippen molar-refractivity contribution >= 4 is 6.09 Å². The molecule has 1 saturated carbocycles. The maximum atomic E-state index is 11.7. The molecule has 0 spiro atoms. The molecule has 3 nitrogen and oxygen atoms in total. The molecule has 1 aliphatic rings. The molecule has 1 aromatic rings. The van der Waals surface area contributed by atoms with Gasteiger partial charge in [0.05, 0.1) is 0 Å². The Morgan fingerprint density at radius 3 is 2.53 bits per heavy atom. The van der Waals surface area contributed by atoms with Gasteiger partial charge in [-0.1, -0.05) is 32.0 Å². The normalized spacial score (nSPS) is 27.8. The van der Waals surface area contributed by atoms with Crippen molar-refractivity contribution < 1.29 is 9.53 Å². The second kappa shape index (κ2) is 5.21. The Bertz CT molecular complexity index is 377. The number of hydrogen-bond acceptors (Lipinski definition) is 2. The molecule has 0 heterocycles. The molecule has 1 fully saturated rings. The zero-order valence-corrected chi connectivity index (χ0v) is 10.3. The second-order valence-corrected chi connectivity index (χ2v) is 4.87. The molecular weight excluding hydrogens is 214 g/mol. The van der Waals surface area contributed by atoms with Crippen LogP contribution in [0.25, 0.3) is 0 Å². The minimum atomic E-state index is -0.345. The molecule has 0 aromatic heterocycles. The Labute approximate surface area is 102 Å². The molecule has 3 unspecified atom stereocenters. The van der Waals surface area contributed by atoms with Crippen LogP contribution in [-0.2, 0) is 0 Å². The third-order valence-corrected chi connectivity index (χ3v) is 3.72. The SMILES string of the molecule is CC1CCC(NC(=O)Oc2ccccc2)C1C. The van der Waals surface area contributed by atoms with E-state index < -0.39 is 0 Å². The molecule has 0 bridgehead atoms. The molecule has 0 saturated heterocycles. The first kappa shape index (κ1) is 12.0. The van der Waals surface area contributed by atoms with E-state index in [9.17, 15) is 4.79 Å². The number of benzene rings is 1. The quantitative estimate of drug-likeness (QED) is 0.851. The van der Waals surface area contributed by atoms with E-state index >= 15 is 0 Å². The lowest BCUT2D eigenvalue weighted by Gasteiger charge is -2.19. The molecule has 1 amide bonds. The molecule has 0 aliphatic heterocycles. The van der Waals surface area contributed by atoms with Crippen molar-refractivity contribution in [3.8, 4) is 5.75 Å². The number of nitrogens with one attached hydrogen (secondary N) is 1. The fourth-order valence-electron chi connectivity index (χ4n) is 2.34. The van der Waals surface area contributed by atoms with Gasteiger partial charge in [0.2, 0.25) is 0 Å². The van der Waals surface area contributed by atoms with Gasteiger partial charge >= 0.3 is 6.09 Å². The van der Waals surface area contributed by atoms with Crippen molar-refractivity contribution in [2.45, 2.75) is 32.7 Å². The van der Waals surface area contributed by atoms with E-state index in [4.69, 9.17) is 4.74 Å². The van der Waals surface area contributed by atoms with Crippen LogP contribution < -0.4 is 10.1 Å². The Balaban J connectivity index is 1.86. The average Bonchev–Trinajstić information content (AvgIpc) is 2.62. The van der Waals surface area contributed by atoms with Crippen molar-refractivity contribution in [3.05, 3.63) is 30.3 Å². The van der Waals surface area contributed by atoms with E-state index in [0.717, 1.165) is 6.42 Å². The van der Waals surface area contributed by atoms with Gasteiger partial charge in [-0.05, 0) is 36.8 Å². The lowest BCUT2D eigenvalue weighted by Crippen LogP contribution is -2.39. The lowest BCUT2D eigenvalue weighted by atomic mass is 9.98. The van der Waals surface area contributed by atoms with Gasteiger partial charge in [-0.3, -0.25) is 0 Å². The maximum absolute atomic E-state index is 11.7. The number of ether oxygens (including phenoxy) is 1. The summed E-state index contributed by atoms with van der Waals surface area (Å²) in [5.41, 5.74) is 0. The van der Waals surface area contributed by atoms with Crippen LogP contribution in [0.4, 0.5) is 4.79 Å². The van der Waals surface area contributed by atoms with Crippen molar-refractivity contribution in [2.75, 3.05) is 0 Å². The summed E-state index contributed by atoms with van der Waals surface area (Å²) in [6.07, 6.45) is 1.88. The van der Waals surface area contributed by atoms with Crippen LogP contribution in [0.2, 0.25) is 0 Å². The number of carbonyl (C=O) groups excluding carboxylic acids is 1. The van der Waals surface area contributed by atoms with Crippen LogP contribution >= 0.6 is 0 Å². The molecule has 1 aromatic carbocycles. The molecule has 0 radical (unpaired) electrons. The van der Waals surface area contributed by atoms with E-state index in [-0.39, 0.29) is 12.1 Å². The number of hydrogen-bond donors (Lipinski definition) is 1. The Hall–Kier alpha value is -1.51. The largest absolute Gasteiger partial charge is 0.412 e. The van der Waals surface area contributed by atoms with Crippen molar-refractivity contribution in [1.82, 2.24) is 5.32 Å². The maximum Gasteiger partial charge on any atom is 0.412 e. The molecule has 17 heavy (non-hydrogen) atoms. The van der Waals surface area contributed by atoms with Crippen LogP contribution in [0.1, 0.15) is 26.7 Å². The highest BCUT2D eigenvalue weighted by atomic mass is 16.6. The van der Waals surface area contributed by atoms with Gasteiger partial charge in [-0.15, -0.1) is 0 Å². The molecule has 1 aliphatic carbocycles. The van der Waals surface area contributed by atoms with E-state index in [2.05, 4.69) is 19.2 Å². The number of rotatable bonds is 2. The van der Waals surface area contributed by atoms with Gasteiger partial charge in [-0.25, -0.2) is 4.79 Å². The van der Waals surface area contributed by atoms with E-state index in [1.165, 1.54) is 6.42 Å². The zero-order chi connectivity index (χ0) is 12.3. The number of para-hydroxylation sites is 1. The molecule has 3 atom stereocenters. The minimum absolute atomic E-state index is 0.251. The van der Waals surface area contributed by atoms with Gasteiger partial charge in [0.15, 0.2) is 0 Å². The molecule has 3 heteroatoms. The summed E-state index contributed by atoms with van der Waals surface area (Å²) in [4.78, 5) is 11.7. The van der Waals surface area contributed by atoms with Gasteiger partial charge in [0.25, 0.3) is 0 Å². The summed E-state index contributed by atoms with van der Waals surface area (Å²) < 4.78 is 5.21. The topological polar surface area (TPSA) is 38.3 Å². The second-order valence-electron chi connectivity index (χ2n) is 4.87. The molecular formula is C14H19NO2. The standard InChI is InChI=1S/C14H19NO2/c1-10-8-9-13(11(10)2)15-14(16)17-12-6-4-3-5-7-12/h3-7,10-11,13H,8-9H2,1-2H3,(H,15,16). The minimum Gasteiger partial charge on any atom is -0.410 e. The van der Waals surface area contributed by atoms with Gasteiger partial charge < -0.3 is 10.1 Å². The average molecular weight is 233 g/mol. The predicted molar refractivity (Wildman–Crippen MR) is 67.0 cm³/mol. The Kier molecular flexibility index (Phi) is 3.67. The first-order valence-electron chi connectivity index (χ1n) is 6.20. The van der Waals surface area contributed by atoms with Gasteiger partial charge in [-0.2, -0.15) is 0 Å². The first-order chi connectivity index (χ1) is 8.16. The monoisotopic (exact) mass is 233 g/mol. The summed E-state index contributed by atoms with van der Waals surface area (Å²) in [7, 11) is 0. The predicted octanol–water partition coefficient (Wildman–Crippen LogP) is 3.21.